The van der Waals surface area contributed by atoms with Crippen LogP contribution in [0.15, 0.2) is 59.7 Å². The van der Waals surface area contributed by atoms with Crippen LogP contribution in [0.5, 0.6) is 11.5 Å². The Labute approximate surface area is 224 Å². The van der Waals surface area contributed by atoms with Gasteiger partial charge in [-0.3, -0.25) is 4.79 Å². The van der Waals surface area contributed by atoms with Gasteiger partial charge >= 0.3 is 5.97 Å². The molecule has 4 rings (SSSR count). The summed E-state index contributed by atoms with van der Waals surface area (Å²) in [6, 6.07) is 8.83. The predicted molar refractivity (Wildman–Crippen MR) is 145 cm³/mol. The lowest BCUT2D eigenvalue weighted by Gasteiger charge is -2.41. The number of aliphatic hydroxyl groups excluding tert-OH is 1. The molecule has 0 bridgehead atoms. The van der Waals surface area contributed by atoms with E-state index in [4.69, 9.17) is 4.74 Å². The molecule has 3 atom stereocenters. The van der Waals surface area contributed by atoms with Crippen LogP contribution in [-0.2, 0) is 17.8 Å². The number of fused-ring (bicyclic) bond motifs is 3. The molecule has 2 aliphatic rings. The minimum absolute atomic E-state index is 0.0399. The number of nitrogens with zero attached hydrogens (tertiary/aromatic N) is 1. The van der Waals surface area contributed by atoms with Crippen molar-refractivity contribution in [2.75, 3.05) is 0 Å². The Balaban J connectivity index is 1.59. The summed E-state index contributed by atoms with van der Waals surface area (Å²) in [6.07, 6.45) is 6.96. The summed E-state index contributed by atoms with van der Waals surface area (Å²) in [4.78, 5) is 26.9. The molecule has 38 heavy (non-hydrogen) atoms. The Morgan fingerprint density at radius 3 is 2.53 bits per heavy atom. The standard InChI is InChI=1S/C31H37NO6/c1-19(2)10-8-11-20(3)12-9-15-31(4)26(34)17-23-25(33)16-22-24(28(23)38-31)18-32(29(22)35)27(30(36)37)21-13-6-5-7-14-21/h5-7,10,12-14,16,26-27,33-34H,8-9,11,15,17-18H2,1-4H3,(H,36,37)/b20-12+/t26?,27-,31?/m0/s1. The Morgan fingerprint density at radius 1 is 1.16 bits per heavy atom. The van der Waals surface area contributed by atoms with Gasteiger partial charge in [-0.15, -0.1) is 0 Å². The van der Waals surface area contributed by atoms with Gasteiger partial charge in [0, 0.05) is 17.5 Å². The van der Waals surface area contributed by atoms with Gasteiger partial charge in [-0.25, -0.2) is 4.79 Å². The van der Waals surface area contributed by atoms with E-state index in [1.165, 1.54) is 22.1 Å². The number of phenols is 1. The third kappa shape index (κ3) is 5.48. The highest BCUT2D eigenvalue weighted by Gasteiger charge is 2.46. The Hall–Kier alpha value is -3.58. The van der Waals surface area contributed by atoms with E-state index in [1.807, 2.05) is 6.92 Å². The Bertz CT molecular complexity index is 1280. The monoisotopic (exact) mass is 519 g/mol. The van der Waals surface area contributed by atoms with Gasteiger partial charge in [0.15, 0.2) is 6.04 Å². The van der Waals surface area contributed by atoms with Crippen molar-refractivity contribution in [1.29, 1.82) is 0 Å². The molecule has 1 amide bonds. The van der Waals surface area contributed by atoms with Crippen LogP contribution in [0.4, 0.5) is 0 Å². The molecule has 0 spiro atoms. The first-order valence-electron chi connectivity index (χ1n) is 13.1. The Kier molecular flexibility index (Phi) is 7.97. The van der Waals surface area contributed by atoms with Gasteiger partial charge in [0.1, 0.15) is 17.1 Å². The second kappa shape index (κ2) is 11.0. The number of aromatic hydroxyl groups is 1. The zero-order valence-corrected chi connectivity index (χ0v) is 22.5. The van der Waals surface area contributed by atoms with Gasteiger partial charge in [0.05, 0.1) is 18.2 Å². The van der Waals surface area contributed by atoms with E-state index in [0.717, 1.165) is 12.8 Å². The van der Waals surface area contributed by atoms with E-state index in [9.17, 15) is 24.9 Å². The lowest BCUT2D eigenvalue weighted by molar-refractivity contribution is -0.142. The third-order valence-corrected chi connectivity index (χ3v) is 7.61. The number of carbonyl (C=O) groups is 2. The molecular weight excluding hydrogens is 482 g/mol. The summed E-state index contributed by atoms with van der Waals surface area (Å²) in [5.41, 5.74) is 3.38. The molecule has 2 heterocycles. The van der Waals surface area contributed by atoms with E-state index in [2.05, 4.69) is 32.9 Å². The second-order valence-electron chi connectivity index (χ2n) is 10.9. The summed E-state index contributed by atoms with van der Waals surface area (Å²) < 4.78 is 6.42. The summed E-state index contributed by atoms with van der Waals surface area (Å²) in [5, 5.41) is 31.8. The van der Waals surface area contributed by atoms with Crippen molar-refractivity contribution < 1.29 is 29.6 Å². The maximum Gasteiger partial charge on any atom is 0.331 e. The molecule has 202 valence electrons. The molecule has 0 aromatic heterocycles. The van der Waals surface area contributed by atoms with Crippen LogP contribution in [0.3, 0.4) is 0 Å². The summed E-state index contributed by atoms with van der Waals surface area (Å²) in [6.45, 7) is 8.17. The molecule has 7 heteroatoms. The van der Waals surface area contributed by atoms with E-state index < -0.39 is 29.6 Å². The number of rotatable bonds is 9. The van der Waals surface area contributed by atoms with Gasteiger partial charge in [-0.2, -0.15) is 0 Å². The molecule has 7 nitrogen and oxygen atoms in total. The molecule has 0 radical (unpaired) electrons. The number of allylic oxidation sites excluding steroid dienone is 4. The van der Waals surface area contributed by atoms with Crippen molar-refractivity contribution in [2.24, 2.45) is 0 Å². The third-order valence-electron chi connectivity index (χ3n) is 7.61. The van der Waals surface area contributed by atoms with E-state index in [-0.39, 0.29) is 24.3 Å². The van der Waals surface area contributed by atoms with Crippen LogP contribution in [0.25, 0.3) is 0 Å². The van der Waals surface area contributed by atoms with Crippen LogP contribution in [0, 0.1) is 0 Å². The highest BCUT2D eigenvalue weighted by molar-refractivity contribution is 6.02. The van der Waals surface area contributed by atoms with Gasteiger partial charge < -0.3 is 25.0 Å². The summed E-state index contributed by atoms with van der Waals surface area (Å²) in [7, 11) is 0. The molecular formula is C31H37NO6. The lowest BCUT2D eigenvalue weighted by Crippen LogP contribution is -2.49. The molecule has 2 unspecified atom stereocenters. The number of hydrogen-bond acceptors (Lipinski definition) is 5. The maximum atomic E-state index is 13.4. The summed E-state index contributed by atoms with van der Waals surface area (Å²) >= 11 is 0. The number of carboxylic acids is 1. The van der Waals surface area contributed by atoms with E-state index >= 15 is 0 Å². The van der Waals surface area contributed by atoms with Crippen molar-refractivity contribution in [3.05, 3.63) is 82.0 Å². The van der Waals surface area contributed by atoms with Crippen molar-refractivity contribution in [3.63, 3.8) is 0 Å². The molecule has 0 fully saturated rings. The average molecular weight is 520 g/mol. The number of aliphatic hydroxyl groups is 1. The Morgan fingerprint density at radius 2 is 1.87 bits per heavy atom. The average Bonchev–Trinajstić information content (AvgIpc) is 3.16. The van der Waals surface area contributed by atoms with Crippen molar-refractivity contribution in [1.82, 2.24) is 4.90 Å². The number of amides is 1. The first-order valence-corrected chi connectivity index (χ1v) is 13.1. The second-order valence-corrected chi connectivity index (χ2v) is 10.9. The number of phenolic OH excluding ortho intramolecular Hbond substituents is 1. The van der Waals surface area contributed by atoms with Crippen LogP contribution in [-0.4, -0.2) is 43.8 Å². The van der Waals surface area contributed by atoms with Crippen LogP contribution in [0.2, 0.25) is 0 Å². The highest BCUT2D eigenvalue weighted by atomic mass is 16.5. The number of carbonyl (C=O) groups excluding carboxylic acids is 1. The molecule has 0 saturated heterocycles. The van der Waals surface area contributed by atoms with Gasteiger partial charge in [-0.1, -0.05) is 53.6 Å². The fraction of sp³-hybridized carbons (Fsp3) is 0.419. The first kappa shape index (κ1) is 27.5. The normalized spacial score (nSPS) is 21.4. The number of benzene rings is 2. The highest BCUT2D eigenvalue weighted by Crippen LogP contribution is 2.47. The fourth-order valence-electron chi connectivity index (χ4n) is 5.32. The number of carboxylic acid groups (broad SMARTS) is 1. The van der Waals surface area contributed by atoms with E-state index in [1.54, 1.807) is 30.3 Å². The minimum Gasteiger partial charge on any atom is -0.508 e. The van der Waals surface area contributed by atoms with Gasteiger partial charge in [0.2, 0.25) is 0 Å². The largest absolute Gasteiger partial charge is 0.508 e. The maximum absolute atomic E-state index is 13.4. The number of aliphatic carboxylic acids is 1. The minimum atomic E-state index is -1.17. The molecule has 3 N–H and O–H groups in total. The quantitative estimate of drug-likeness (QED) is 0.367. The molecule has 2 aliphatic heterocycles. The van der Waals surface area contributed by atoms with Crippen molar-refractivity contribution in [3.8, 4) is 11.5 Å². The van der Waals surface area contributed by atoms with E-state index in [0.29, 0.717) is 35.3 Å². The first-order chi connectivity index (χ1) is 18.0. The van der Waals surface area contributed by atoms with Gasteiger partial charge in [-0.05, 0) is 65.0 Å². The molecule has 2 aromatic rings. The lowest BCUT2D eigenvalue weighted by atomic mass is 9.84. The molecule has 2 aromatic carbocycles. The zero-order valence-electron chi connectivity index (χ0n) is 22.5. The SMILES string of the molecule is CC(C)=CCC/C(C)=C/CCC1(C)Oc2c(c(O)cc3c2CN([C@H](C(=O)O)c2ccccc2)C3=O)CC1O. The topological polar surface area (TPSA) is 107 Å². The predicted octanol–water partition coefficient (Wildman–Crippen LogP) is 5.70. The zero-order chi connectivity index (χ0) is 27.6. The van der Waals surface area contributed by atoms with Crippen LogP contribution >= 0.6 is 0 Å². The smallest absolute Gasteiger partial charge is 0.331 e. The summed E-state index contributed by atoms with van der Waals surface area (Å²) in [5.74, 6) is -1.36. The van der Waals surface area contributed by atoms with Crippen molar-refractivity contribution in [2.45, 2.75) is 84.1 Å². The van der Waals surface area contributed by atoms with Crippen molar-refractivity contribution >= 4 is 11.9 Å². The fourth-order valence-corrected chi connectivity index (χ4v) is 5.32. The molecule has 0 aliphatic carbocycles. The molecule has 0 saturated carbocycles. The van der Waals surface area contributed by atoms with Gasteiger partial charge in [0.25, 0.3) is 5.91 Å². The van der Waals surface area contributed by atoms with Crippen LogP contribution < -0.4 is 4.74 Å². The number of ether oxygens (including phenoxy) is 1. The number of hydrogen-bond donors (Lipinski definition) is 3. The van der Waals surface area contributed by atoms with Crippen LogP contribution in [0.1, 0.15) is 86.5 Å².